The molecule has 1 aliphatic rings. The summed E-state index contributed by atoms with van der Waals surface area (Å²) in [5.41, 5.74) is 7.68. The van der Waals surface area contributed by atoms with Gasteiger partial charge in [0.2, 0.25) is 15.9 Å². The number of nitrogens with two attached hydrogens (primary N) is 1. The third-order valence-corrected chi connectivity index (χ3v) is 7.76. The predicted molar refractivity (Wildman–Crippen MR) is 109 cm³/mol. The first kappa shape index (κ1) is 20.6. The monoisotopic (exact) mass is 403 g/mol. The van der Waals surface area contributed by atoms with Crippen molar-refractivity contribution in [3.8, 4) is 0 Å². The van der Waals surface area contributed by atoms with Crippen molar-refractivity contribution >= 4 is 15.9 Å². The van der Waals surface area contributed by atoms with Crippen LogP contribution in [0.15, 0.2) is 47.6 Å². The summed E-state index contributed by atoms with van der Waals surface area (Å²) in [4.78, 5) is 12.1. The standard InChI is InChI=1S/C21H29N3O3S/c1-4-15(2)16-5-7-17(8-6-16)20-13-18(21(22)25)9-12-24(20)28(26,27)19-10-11-23(3)14-19/h5-8,10-11,14-15,18,20H,4,9,12-13H2,1-3H3,(H2,22,25). The van der Waals surface area contributed by atoms with Gasteiger partial charge in [0.05, 0.1) is 10.9 Å². The minimum Gasteiger partial charge on any atom is -0.369 e. The number of hydrogen-bond acceptors (Lipinski definition) is 3. The number of amides is 1. The van der Waals surface area contributed by atoms with Gasteiger partial charge in [0.1, 0.15) is 0 Å². The Balaban J connectivity index is 1.97. The van der Waals surface area contributed by atoms with Gasteiger partial charge in [0, 0.05) is 31.9 Å². The summed E-state index contributed by atoms with van der Waals surface area (Å²) in [6, 6.07) is 9.31. The molecule has 0 bridgehead atoms. The molecule has 0 saturated carbocycles. The van der Waals surface area contributed by atoms with Crippen molar-refractivity contribution in [2.75, 3.05) is 6.54 Å². The number of carbonyl (C=O) groups is 1. The Bertz CT molecular complexity index is 934. The number of sulfonamides is 1. The van der Waals surface area contributed by atoms with Crippen molar-refractivity contribution in [3.05, 3.63) is 53.9 Å². The van der Waals surface area contributed by atoms with Gasteiger partial charge in [-0.25, -0.2) is 8.42 Å². The van der Waals surface area contributed by atoms with Gasteiger partial charge in [-0.1, -0.05) is 38.1 Å². The van der Waals surface area contributed by atoms with Crippen LogP contribution in [0.25, 0.3) is 0 Å². The number of benzene rings is 1. The zero-order chi connectivity index (χ0) is 20.5. The number of hydrogen-bond donors (Lipinski definition) is 1. The quantitative estimate of drug-likeness (QED) is 0.804. The zero-order valence-corrected chi connectivity index (χ0v) is 17.5. The molecule has 0 spiro atoms. The molecule has 2 aromatic rings. The Hall–Kier alpha value is -2.12. The normalized spacial score (nSPS) is 22.1. The lowest BCUT2D eigenvalue weighted by molar-refractivity contribution is -0.123. The van der Waals surface area contributed by atoms with Crippen LogP contribution in [-0.2, 0) is 21.9 Å². The molecule has 3 atom stereocenters. The van der Waals surface area contributed by atoms with Gasteiger partial charge in [-0.2, -0.15) is 4.31 Å². The van der Waals surface area contributed by atoms with Crippen molar-refractivity contribution in [2.24, 2.45) is 18.7 Å². The van der Waals surface area contributed by atoms with Crippen molar-refractivity contribution in [2.45, 2.75) is 50.0 Å². The van der Waals surface area contributed by atoms with Crippen LogP contribution < -0.4 is 5.73 Å². The van der Waals surface area contributed by atoms with Crippen LogP contribution in [0.1, 0.15) is 56.2 Å². The second kappa shape index (κ2) is 8.09. The number of rotatable bonds is 6. The highest BCUT2D eigenvalue weighted by molar-refractivity contribution is 7.89. The van der Waals surface area contributed by atoms with Gasteiger partial charge in [0.25, 0.3) is 0 Å². The molecule has 7 heteroatoms. The molecule has 1 aromatic heterocycles. The first-order valence-corrected chi connectivity index (χ1v) is 11.2. The lowest BCUT2D eigenvalue weighted by Crippen LogP contribution is -2.43. The van der Waals surface area contributed by atoms with Crippen LogP contribution in [0, 0.1) is 5.92 Å². The second-order valence-corrected chi connectivity index (χ2v) is 9.63. The first-order chi connectivity index (χ1) is 13.2. The maximum Gasteiger partial charge on any atom is 0.245 e. The van der Waals surface area contributed by atoms with Crippen molar-refractivity contribution in [1.29, 1.82) is 0 Å². The number of aryl methyl sites for hydroxylation is 1. The topological polar surface area (TPSA) is 85.4 Å². The third-order valence-electron chi connectivity index (χ3n) is 5.87. The van der Waals surface area contributed by atoms with Gasteiger partial charge in [0.15, 0.2) is 0 Å². The molecule has 3 unspecified atom stereocenters. The largest absolute Gasteiger partial charge is 0.369 e. The summed E-state index contributed by atoms with van der Waals surface area (Å²) in [6.07, 6.45) is 5.23. The molecule has 1 fully saturated rings. The van der Waals surface area contributed by atoms with E-state index in [4.69, 9.17) is 5.73 Å². The van der Waals surface area contributed by atoms with E-state index in [0.29, 0.717) is 18.8 Å². The van der Waals surface area contributed by atoms with E-state index in [1.54, 1.807) is 30.1 Å². The van der Waals surface area contributed by atoms with Crippen molar-refractivity contribution < 1.29 is 13.2 Å². The molecule has 2 heterocycles. The van der Waals surface area contributed by atoms with E-state index in [1.165, 1.54) is 9.87 Å². The molecule has 1 aliphatic heterocycles. The highest BCUT2D eigenvalue weighted by Crippen LogP contribution is 2.38. The number of primary amides is 1. The first-order valence-electron chi connectivity index (χ1n) is 9.77. The maximum absolute atomic E-state index is 13.3. The molecular weight excluding hydrogens is 374 g/mol. The summed E-state index contributed by atoms with van der Waals surface area (Å²) >= 11 is 0. The van der Waals surface area contributed by atoms with Crippen molar-refractivity contribution in [1.82, 2.24) is 8.87 Å². The van der Waals surface area contributed by atoms with Crippen LogP contribution in [0.4, 0.5) is 0 Å². The van der Waals surface area contributed by atoms with Gasteiger partial charge in [-0.15, -0.1) is 0 Å². The van der Waals surface area contributed by atoms with Gasteiger partial charge < -0.3 is 10.3 Å². The van der Waals surface area contributed by atoms with Crippen LogP contribution in [0.3, 0.4) is 0 Å². The minimum atomic E-state index is -3.66. The fraction of sp³-hybridized carbons (Fsp3) is 0.476. The van der Waals surface area contributed by atoms with Crippen LogP contribution in [0.2, 0.25) is 0 Å². The average molecular weight is 404 g/mol. The lowest BCUT2D eigenvalue weighted by atomic mass is 9.87. The van der Waals surface area contributed by atoms with E-state index < -0.39 is 16.1 Å². The number of aromatic nitrogens is 1. The Kier molecular flexibility index (Phi) is 5.95. The zero-order valence-electron chi connectivity index (χ0n) is 16.7. The third kappa shape index (κ3) is 4.00. The smallest absolute Gasteiger partial charge is 0.245 e. The van der Waals surface area contributed by atoms with E-state index >= 15 is 0 Å². The number of carbonyl (C=O) groups excluding carboxylic acids is 1. The molecule has 1 amide bonds. The van der Waals surface area contributed by atoms with E-state index in [2.05, 4.69) is 26.0 Å². The Morgan fingerprint density at radius 1 is 1.25 bits per heavy atom. The summed E-state index contributed by atoms with van der Waals surface area (Å²) in [5, 5.41) is 0. The summed E-state index contributed by atoms with van der Waals surface area (Å²) in [5.74, 6) is -0.234. The number of piperidine rings is 1. The van der Waals surface area contributed by atoms with E-state index in [-0.39, 0.29) is 23.3 Å². The molecule has 0 aliphatic carbocycles. The molecule has 28 heavy (non-hydrogen) atoms. The Morgan fingerprint density at radius 2 is 1.93 bits per heavy atom. The SMILES string of the molecule is CCC(C)c1ccc(C2CC(C(N)=O)CCN2S(=O)(=O)c2ccn(C)c2)cc1. The van der Waals surface area contributed by atoms with Crippen LogP contribution in [0.5, 0.6) is 0 Å². The summed E-state index contributed by atoms with van der Waals surface area (Å²) in [6.45, 7) is 4.60. The molecule has 6 nitrogen and oxygen atoms in total. The van der Waals surface area contributed by atoms with Gasteiger partial charge in [-0.3, -0.25) is 4.79 Å². The van der Waals surface area contributed by atoms with Crippen molar-refractivity contribution in [3.63, 3.8) is 0 Å². The van der Waals surface area contributed by atoms with E-state index in [1.807, 2.05) is 12.1 Å². The predicted octanol–water partition coefficient (Wildman–Crippen LogP) is 3.17. The summed E-state index contributed by atoms with van der Waals surface area (Å²) in [7, 11) is -1.86. The fourth-order valence-corrected chi connectivity index (χ4v) is 5.53. The fourth-order valence-electron chi connectivity index (χ4n) is 3.84. The minimum absolute atomic E-state index is 0.272. The molecule has 152 valence electrons. The molecule has 2 N–H and O–H groups in total. The lowest BCUT2D eigenvalue weighted by Gasteiger charge is -2.37. The summed E-state index contributed by atoms with van der Waals surface area (Å²) < 4.78 is 29.8. The second-order valence-electron chi connectivity index (χ2n) is 7.74. The highest BCUT2D eigenvalue weighted by Gasteiger charge is 2.39. The van der Waals surface area contributed by atoms with Crippen LogP contribution >= 0.6 is 0 Å². The Labute approximate surface area is 167 Å². The van der Waals surface area contributed by atoms with Gasteiger partial charge in [-0.05, 0) is 42.4 Å². The van der Waals surface area contributed by atoms with E-state index in [9.17, 15) is 13.2 Å². The molecule has 1 saturated heterocycles. The van der Waals surface area contributed by atoms with Gasteiger partial charge >= 0.3 is 0 Å². The van der Waals surface area contributed by atoms with E-state index in [0.717, 1.165) is 12.0 Å². The Morgan fingerprint density at radius 3 is 2.46 bits per heavy atom. The molecule has 3 rings (SSSR count). The maximum atomic E-state index is 13.3. The van der Waals surface area contributed by atoms with Crippen LogP contribution in [-0.4, -0.2) is 29.7 Å². The average Bonchev–Trinajstić information content (AvgIpc) is 3.14. The molecular formula is C21H29N3O3S. The number of nitrogens with zero attached hydrogens (tertiary/aromatic N) is 2. The molecule has 0 radical (unpaired) electrons. The highest BCUT2D eigenvalue weighted by atomic mass is 32.2. The molecule has 1 aromatic carbocycles.